The molecule has 1 amide bonds. The number of rotatable bonds is 7. The fraction of sp³-hybridized carbons (Fsp3) is 0.278. The minimum atomic E-state index is 0.0109. The van der Waals surface area contributed by atoms with E-state index in [1.807, 2.05) is 16.0 Å². The van der Waals surface area contributed by atoms with Crippen molar-refractivity contribution >= 4 is 29.0 Å². The lowest BCUT2D eigenvalue weighted by molar-refractivity contribution is -0.118. The zero-order valence-electron chi connectivity index (χ0n) is 14.2. The summed E-state index contributed by atoms with van der Waals surface area (Å²) in [5, 5.41) is 13.9. The molecule has 1 N–H and O–H groups in total. The average Bonchev–Trinajstić information content (AvgIpc) is 3.24. The van der Waals surface area contributed by atoms with Crippen LogP contribution in [0.5, 0.6) is 0 Å². The van der Waals surface area contributed by atoms with E-state index in [1.165, 1.54) is 22.2 Å². The first kappa shape index (κ1) is 17.7. The van der Waals surface area contributed by atoms with Gasteiger partial charge in [0.2, 0.25) is 5.91 Å². The van der Waals surface area contributed by atoms with Crippen LogP contribution in [0.2, 0.25) is 0 Å². The maximum absolute atomic E-state index is 12.0. The number of amides is 1. The number of carbonyl (C=O) groups excluding carboxylic acids is 1. The summed E-state index contributed by atoms with van der Waals surface area (Å²) in [4.78, 5) is 13.3. The van der Waals surface area contributed by atoms with Gasteiger partial charge in [0.05, 0.1) is 11.4 Å². The van der Waals surface area contributed by atoms with Crippen molar-refractivity contribution in [3.8, 4) is 5.69 Å². The van der Waals surface area contributed by atoms with E-state index >= 15 is 0 Å². The van der Waals surface area contributed by atoms with Gasteiger partial charge in [-0.2, -0.15) is 0 Å². The lowest BCUT2D eigenvalue weighted by Crippen LogP contribution is -2.27. The molecule has 0 radical (unpaired) electrons. The highest BCUT2D eigenvalue weighted by molar-refractivity contribution is 7.99. The third-order valence-electron chi connectivity index (χ3n) is 3.73. The van der Waals surface area contributed by atoms with E-state index in [2.05, 4.69) is 53.6 Å². The van der Waals surface area contributed by atoms with Crippen molar-refractivity contribution in [1.29, 1.82) is 0 Å². The summed E-state index contributed by atoms with van der Waals surface area (Å²) in [7, 11) is 0. The fourth-order valence-electron chi connectivity index (χ4n) is 2.52. The SMILES string of the molecule is Cc1ccc(-n2cnnc2SCC(=O)NCCc2cccs2)c(C)c1. The predicted molar refractivity (Wildman–Crippen MR) is 103 cm³/mol. The first-order chi connectivity index (χ1) is 12.1. The van der Waals surface area contributed by atoms with E-state index < -0.39 is 0 Å². The maximum atomic E-state index is 12.0. The van der Waals surface area contributed by atoms with Crippen molar-refractivity contribution in [2.24, 2.45) is 0 Å². The second-order valence-corrected chi connectivity index (χ2v) is 7.72. The van der Waals surface area contributed by atoms with E-state index in [9.17, 15) is 4.79 Å². The van der Waals surface area contributed by atoms with Gasteiger partial charge in [0.25, 0.3) is 0 Å². The molecule has 25 heavy (non-hydrogen) atoms. The maximum Gasteiger partial charge on any atom is 0.230 e. The van der Waals surface area contributed by atoms with Gasteiger partial charge >= 0.3 is 0 Å². The molecule has 0 atom stereocenters. The van der Waals surface area contributed by atoms with E-state index in [1.54, 1.807) is 17.7 Å². The van der Waals surface area contributed by atoms with E-state index in [-0.39, 0.29) is 5.91 Å². The van der Waals surface area contributed by atoms with Crippen LogP contribution in [0.15, 0.2) is 47.2 Å². The zero-order valence-corrected chi connectivity index (χ0v) is 15.9. The van der Waals surface area contributed by atoms with Crippen molar-refractivity contribution in [2.45, 2.75) is 25.4 Å². The first-order valence-corrected chi connectivity index (χ1v) is 9.89. The lowest BCUT2D eigenvalue weighted by atomic mass is 10.1. The molecule has 0 unspecified atom stereocenters. The van der Waals surface area contributed by atoms with Crippen LogP contribution in [-0.2, 0) is 11.2 Å². The highest BCUT2D eigenvalue weighted by Crippen LogP contribution is 2.22. The van der Waals surface area contributed by atoms with E-state index in [0.29, 0.717) is 12.3 Å². The van der Waals surface area contributed by atoms with Gasteiger partial charge in [0.15, 0.2) is 5.16 Å². The molecular weight excluding hydrogens is 352 g/mol. The number of nitrogens with zero attached hydrogens (tertiary/aromatic N) is 3. The van der Waals surface area contributed by atoms with Gasteiger partial charge in [-0.3, -0.25) is 9.36 Å². The molecule has 130 valence electrons. The highest BCUT2D eigenvalue weighted by Gasteiger charge is 2.11. The zero-order chi connectivity index (χ0) is 17.6. The normalized spacial score (nSPS) is 10.8. The van der Waals surface area contributed by atoms with Gasteiger partial charge in [0, 0.05) is 11.4 Å². The second-order valence-electron chi connectivity index (χ2n) is 5.74. The lowest BCUT2D eigenvalue weighted by Gasteiger charge is -2.10. The largest absolute Gasteiger partial charge is 0.355 e. The molecule has 2 heterocycles. The smallest absolute Gasteiger partial charge is 0.230 e. The number of thioether (sulfide) groups is 1. The molecule has 0 bridgehead atoms. The van der Waals surface area contributed by atoms with Crippen molar-refractivity contribution < 1.29 is 4.79 Å². The number of hydrogen-bond acceptors (Lipinski definition) is 5. The van der Waals surface area contributed by atoms with Crippen LogP contribution in [0.1, 0.15) is 16.0 Å². The summed E-state index contributed by atoms with van der Waals surface area (Å²) in [6.45, 7) is 4.79. The van der Waals surface area contributed by atoms with Crippen molar-refractivity contribution in [3.63, 3.8) is 0 Å². The number of carbonyl (C=O) groups is 1. The van der Waals surface area contributed by atoms with Crippen LogP contribution in [0.3, 0.4) is 0 Å². The third kappa shape index (κ3) is 4.70. The fourth-order valence-corrected chi connectivity index (χ4v) is 3.99. The average molecular weight is 373 g/mol. The van der Waals surface area contributed by atoms with Gasteiger partial charge < -0.3 is 5.32 Å². The molecule has 0 spiro atoms. The molecule has 1 aromatic carbocycles. The van der Waals surface area contributed by atoms with Crippen LogP contribution in [0.25, 0.3) is 5.69 Å². The molecule has 0 fully saturated rings. The van der Waals surface area contributed by atoms with Crippen molar-refractivity contribution in [2.75, 3.05) is 12.3 Å². The van der Waals surface area contributed by atoms with Crippen LogP contribution < -0.4 is 5.32 Å². The number of aromatic nitrogens is 3. The number of nitrogens with one attached hydrogen (secondary N) is 1. The molecule has 0 saturated carbocycles. The third-order valence-corrected chi connectivity index (χ3v) is 5.61. The Morgan fingerprint density at radius 1 is 1.32 bits per heavy atom. The monoisotopic (exact) mass is 372 g/mol. The Bertz CT molecular complexity index is 843. The van der Waals surface area contributed by atoms with Crippen LogP contribution >= 0.6 is 23.1 Å². The molecule has 7 heteroatoms. The summed E-state index contributed by atoms with van der Waals surface area (Å²) >= 11 is 3.11. The molecule has 0 saturated heterocycles. The Balaban J connectivity index is 1.55. The van der Waals surface area contributed by atoms with Crippen molar-refractivity contribution in [1.82, 2.24) is 20.1 Å². The van der Waals surface area contributed by atoms with E-state index in [4.69, 9.17) is 0 Å². The molecule has 5 nitrogen and oxygen atoms in total. The molecule has 0 aliphatic rings. The van der Waals surface area contributed by atoms with Crippen LogP contribution in [-0.4, -0.2) is 33.0 Å². The molecule has 0 aliphatic carbocycles. The topological polar surface area (TPSA) is 59.8 Å². The number of aryl methyl sites for hydroxylation is 2. The number of benzene rings is 1. The summed E-state index contributed by atoms with van der Waals surface area (Å²) in [5.74, 6) is 0.338. The van der Waals surface area contributed by atoms with Gasteiger partial charge in [-0.1, -0.05) is 35.5 Å². The Hall–Kier alpha value is -2.12. The Morgan fingerprint density at radius 3 is 2.96 bits per heavy atom. The molecular formula is C18H20N4OS2. The highest BCUT2D eigenvalue weighted by atomic mass is 32.2. The van der Waals surface area contributed by atoms with Crippen LogP contribution in [0, 0.1) is 13.8 Å². The Kier molecular flexibility index (Phi) is 5.88. The van der Waals surface area contributed by atoms with Crippen LogP contribution in [0.4, 0.5) is 0 Å². The molecule has 3 rings (SSSR count). The molecule has 2 aromatic heterocycles. The van der Waals surface area contributed by atoms with Gasteiger partial charge in [-0.25, -0.2) is 0 Å². The summed E-state index contributed by atoms with van der Waals surface area (Å²) < 4.78 is 1.93. The first-order valence-electron chi connectivity index (χ1n) is 8.03. The quantitative estimate of drug-likeness (QED) is 0.646. The predicted octanol–water partition coefficient (Wildman–Crippen LogP) is 3.40. The summed E-state index contributed by atoms with van der Waals surface area (Å²) in [6, 6.07) is 10.4. The van der Waals surface area contributed by atoms with Gasteiger partial charge in [-0.05, 0) is 43.3 Å². The Labute approximate surface area is 155 Å². The standard InChI is InChI=1S/C18H20N4OS2/c1-13-5-6-16(14(2)10-13)22-12-20-21-18(22)25-11-17(23)19-8-7-15-4-3-9-24-15/h3-6,9-10,12H,7-8,11H2,1-2H3,(H,19,23). The molecule has 0 aliphatic heterocycles. The minimum Gasteiger partial charge on any atom is -0.355 e. The van der Waals surface area contributed by atoms with Crippen molar-refractivity contribution in [3.05, 3.63) is 58.0 Å². The second kappa shape index (κ2) is 8.31. The van der Waals surface area contributed by atoms with E-state index in [0.717, 1.165) is 22.8 Å². The number of thiophene rings is 1. The number of hydrogen-bond donors (Lipinski definition) is 1. The molecule has 3 aromatic rings. The van der Waals surface area contributed by atoms with Gasteiger partial charge in [-0.15, -0.1) is 21.5 Å². The Morgan fingerprint density at radius 2 is 2.20 bits per heavy atom. The minimum absolute atomic E-state index is 0.0109. The summed E-state index contributed by atoms with van der Waals surface area (Å²) in [5.41, 5.74) is 3.41. The summed E-state index contributed by atoms with van der Waals surface area (Å²) in [6.07, 6.45) is 2.56. The van der Waals surface area contributed by atoms with Gasteiger partial charge in [0.1, 0.15) is 6.33 Å².